The first-order valence-corrected chi connectivity index (χ1v) is 12.5. The van der Waals surface area contributed by atoms with Crippen molar-refractivity contribution in [2.45, 2.75) is 56.7 Å². The molecule has 3 heterocycles. The maximum absolute atomic E-state index is 12.5. The minimum atomic E-state index is -0.0940. The van der Waals surface area contributed by atoms with Crippen LogP contribution in [0.4, 0.5) is 11.8 Å². The van der Waals surface area contributed by atoms with Gasteiger partial charge in [0.05, 0.1) is 11.7 Å². The van der Waals surface area contributed by atoms with E-state index < -0.39 is 0 Å². The lowest BCUT2D eigenvalue weighted by atomic mass is 9.93. The number of amides is 1. The van der Waals surface area contributed by atoms with Crippen LogP contribution in [0.15, 0.2) is 42.7 Å². The average molecular weight is 476 g/mol. The number of hydrogen-bond donors (Lipinski definition) is 4. The van der Waals surface area contributed by atoms with Crippen LogP contribution in [0, 0.1) is 0 Å². The van der Waals surface area contributed by atoms with E-state index >= 15 is 0 Å². The summed E-state index contributed by atoms with van der Waals surface area (Å²) in [5.41, 5.74) is 1.32. The van der Waals surface area contributed by atoms with Crippen LogP contribution in [0.2, 0.25) is 0 Å². The number of nitrogens with zero attached hydrogens (tertiary/aromatic N) is 3. The van der Waals surface area contributed by atoms with E-state index in [4.69, 9.17) is 9.72 Å². The maximum atomic E-state index is 12.5. The Bertz CT molecular complexity index is 1140. The third kappa shape index (κ3) is 5.86. The molecule has 0 atom stereocenters. The lowest BCUT2D eigenvalue weighted by molar-refractivity contribution is 0.0929. The number of hydrogen-bond acceptors (Lipinski definition) is 8. The molecule has 1 saturated carbocycles. The van der Waals surface area contributed by atoms with Crippen molar-refractivity contribution < 1.29 is 9.53 Å². The molecule has 2 fully saturated rings. The summed E-state index contributed by atoms with van der Waals surface area (Å²) in [5.74, 6) is 1.69. The summed E-state index contributed by atoms with van der Waals surface area (Å²) in [6.45, 7) is 1.87. The maximum Gasteiger partial charge on any atom is 0.253 e. The predicted octanol–water partition coefficient (Wildman–Crippen LogP) is 3.16. The molecule has 1 saturated heterocycles. The molecule has 2 aliphatic rings. The number of benzene rings is 1. The van der Waals surface area contributed by atoms with E-state index in [1.165, 1.54) is 0 Å². The normalized spacial score (nSPS) is 20.9. The molecule has 3 aromatic rings. The molecular weight excluding hydrogens is 442 g/mol. The van der Waals surface area contributed by atoms with Gasteiger partial charge in [-0.25, -0.2) is 15.0 Å². The lowest BCUT2D eigenvalue weighted by Crippen LogP contribution is -2.42. The molecule has 0 radical (unpaired) electrons. The summed E-state index contributed by atoms with van der Waals surface area (Å²) >= 11 is 0. The first-order chi connectivity index (χ1) is 17.2. The molecule has 0 bridgehead atoms. The molecule has 2 aromatic heterocycles. The highest BCUT2D eigenvalue weighted by atomic mass is 16.5. The van der Waals surface area contributed by atoms with Gasteiger partial charge in [0, 0.05) is 29.9 Å². The number of para-hydroxylation sites is 1. The zero-order chi connectivity index (χ0) is 24.0. The smallest absolute Gasteiger partial charge is 0.253 e. The molecule has 1 aliphatic heterocycles. The van der Waals surface area contributed by atoms with E-state index in [0.717, 1.165) is 68.3 Å². The number of piperidine rings is 1. The third-order valence-corrected chi connectivity index (χ3v) is 6.89. The van der Waals surface area contributed by atoms with Gasteiger partial charge in [-0.3, -0.25) is 4.79 Å². The Labute approximate surface area is 205 Å². The first kappa shape index (κ1) is 23.4. The van der Waals surface area contributed by atoms with Crippen molar-refractivity contribution in [3.05, 3.63) is 48.3 Å². The number of fused-ring (bicyclic) bond motifs is 1. The number of carbonyl (C=O) groups excluding carboxylic acids is 1. The van der Waals surface area contributed by atoms with Crippen LogP contribution >= 0.6 is 0 Å². The van der Waals surface area contributed by atoms with Gasteiger partial charge >= 0.3 is 0 Å². The second-order valence-corrected chi connectivity index (χ2v) is 9.32. The van der Waals surface area contributed by atoms with Crippen molar-refractivity contribution in [2.75, 3.05) is 25.5 Å². The summed E-state index contributed by atoms with van der Waals surface area (Å²) in [7, 11) is 2.02. The number of rotatable bonds is 7. The number of ether oxygens (including phenoxy) is 1. The van der Waals surface area contributed by atoms with Crippen molar-refractivity contribution in [3.8, 4) is 5.75 Å². The van der Waals surface area contributed by atoms with Crippen molar-refractivity contribution in [1.82, 2.24) is 30.9 Å². The van der Waals surface area contributed by atoms with E-state index in [-0.39, 0.29) is 18.1 Å². The number of anilines is 2. The molecule has 1 amide bonds. The zero-order valence-corrected chi connectivity index (χ0v) is 20.1. The number of nitrogens with one attached hydrogen (secondary N) is 4. The standard InChI is InChI=1S/C26H33N7O2/c1-27-19-6-8-21(9-7-19)35-22-4-2-3-17-15-30-26(33-24(17)22)32-23-10-5-18(16-29-23)25(34)31-20-11-13-28-14-12-20/h2-5,10,15-16,19-21,27-28H,6-9,11-14H2,1H3,(H,31,34)(H,29,30,32,33). The summed E-state index contributed by atoms with van der Waals surface area (Å²) < 4.78 is 6.36. The minimum absolute atomic E-state index is 0.0940. The first-order valence-electron chi connectivity index (χ1n) is 12.5. The van der Waals surface area contributed by atoms with Crippen LogP contribution in [-0.4, -0.2) is 59.2 Å². The van der Waals surface area contributed by atoms with Gasteiger partial charge in [-0.1, -0.05) is 12.1 Å². The fraction of sp³-hybridized carbons (Fsp3) is 0.462. The van der Waals surface area contributed by atoms with Crippen LogP contribution in [0.5, 0.6) is 5.75 Å². The Morgan fingerprint density at radius 1 is 0.971 bits per heavy atom. The van der Waals surface area contributed by atoms with Crippen LogP contribution in [0.3, 0.4) is 0 Å². The number of aromatic nitrogens is 3. The van der Waals surface area contributed by atoms with E-state index in [1.807, 2.05) is 25.2 Å². The highest BCUT2D eigenvalue weighted by Gasteiger charge is 2.22. The van der Waals surface area contributed by atoms with Gasteiger partial charge in [0.25, 0.3) is 5.91 Å². The SMILES string of the molecule is CNC1CCC(Oc2cccc3cnc(Nc4ccc(C(=O)NC5CCNCC5)cn4)nc23)CC1. The average Bonchev–Trinajstić information content (AvgIpc) is 2.90. The quantitative estimate of drug-likeness (QED) is 0.412. The van der Waals surface area contributed by atoms with E-state index in [9.17, 15) is 4.79 Å². The molecule has 5 rings (SSSR count). The third-order valence-electron chi connectivity index (χ3n) is 6.89. The summed E-state index contributed by atoms with van der Waals surface area (Å²) in [5, 5.41) is 13.8. The van der Waals surface area contributed by atoms with E-state index in [2.05, 4.69) is 31.2 Å². The highest BCUT2D eigenvalue weighted by Crippen LogP contribution is 2.29. The van der Waals surface area contributed by atoms with Crippen molar-refractivity contribution in [1.29, 1.82) is 0 Å². The van der Waals surface area contributed by atoms with Crippen molar-refractivity contribution in [3.63, 3.8) is 0 Å². The Balaban J connectivity index is 1.25. The molecule has 9 nitrogen and oxygen atoms in total. The van der Waals surface area contributed by atoms with Gasteiger partial charge in [-0.15, -0.1) is 0 Å². The van der Waals surface area contributed by atoms with Gasteiger partial charge in [-0.05, 0) is 76.9 Å². The van der Waals surface area contributed by atoms with Crippen LogP contribution in [-0.2, 0) is 0 Å². The summed E-state index contributed by atoms with van der Waals surface area (Å²) in [6.07, 6.45) is 9.74. The lowest BCUT2D eigenvalue weighted by Gasteiger charge is -2.28. The minimum Gasteiger partial charge on any atom is -0.488 e. The second-order valence-electron chi connectivity index (χ2n) is 9.32. The predicted molar refractivity (Wildman–Crippen MR) is 136 cm³/mol. The largest absolute Gasteiger partial charge is 0.488 e. The second kappa shape index (κ2) is 11.0. The molecule has 1 aromatic carbocycles. The molecule has 1 aliphatic carbocycles. The van der Waals surface area contributed by atoms with Gasteiger partial charge < -0.3 is 26.0 Å². The van der Waals surface area contributed by atoms with Gasteiger partial charge in [0.2, 0.25) is 5.95 Å². The Hall–Kier alpha value is -3.30. The van der Waals surface area contributed by atoms with Gasteiger partial charge in [0.1, 0.15) is 17.1 Å². The highest BCUT2D eigenvalue weighted by molar-refractivity contribution is 5.94. The Kier molecular flexibility index (Phi) is 7.34. The molecular formula is C26H33N7O2. The summed E-state index contributed by atoms with van der Waals surface area (Å²) in [6, 6.07) is 10.3. The van der Waals surface area contributed by atoms with Crippen LogP contribution in [0.25, 0.3) is 10.9 Å². The molecule has 9 heteroatoms. The molecule has 4 N–H and O–H groups in total. The topological polar surface area (TPSA) is 113 Å². The van der Waals surface area contributed by atoms with Crippen LogP contribution < -0.4 is 26.0 Å². The fourth-order valence-electron chi connectivity index (χ4n) is 4.78. The number of carbonyl (C=O) groups is 1. The number of pyridine rings is 1. The zero-order valence-electron chi connectivity index (χ0n) is 20.1. The van der Waals surface area contributed by atoms with E-state index in [0.29, 0.717) is 23.4 Å². The Morgan fingerprint density at radius 3 is 2.54 bits per heavy atom. The molecule has 35 heavy (non-hydrogen) atoms. The fourth-order valence-corrected chi connectivity index (χ4v) is 4.78. The van der Waals surface area contributed by atoms with E-state index in [1.54, 1.807) is 24.5 Å². The molecule has 0 unspecified atom stereocenters. The Morgan fingerprint density at radius 2 is 1.80 bits per heavy atom. The van der Waals surface area contributed by atoms with Crippen molar-refractivity contribution in [2.24, 2.45) is 0 Å². The molecule has 0 spiro atoms. The van der Waals surface area contributed by atoms with Crippen molar-refractivity contribution >= 4 is 28.6 Å². The van der Waals surface area contributed by atoms with Gasteiger partial charge in [0.15, 0.2) is 0 Å². The molecule has 184 valence electrons. The monoisotopic (exact) mass is 475 g/mol. The van der Waals surface area contributed by atoms with Crippen LogP contribution in [0.1, 0.15) is 48.9 Å². The summed E-state index contributed by atoms with van der Waals surface area (Å²) in [4.78, 5) is 26.1. The van der Waals surface area contributed by atoms with Gasteiger partial charge in [-0.2, -0.15) is 0 Å².